The number of nitrogens with zero attached hydrogens (tertiary/aromatic N) is 3. The molecule has 1 N–H and O–H groups in total. The molecule has 0 spiro atoms. The van der Waals surface area contributed by atoms with Gasteiger partial charge in [0.05, 0.1) is 17.3 Å². The number of fused-ring (bicyclic) bond motifs is 1. The summed E-state index contributed by atoms with van der Waals surface area (Å²) in [6, 6.07) is 7.83. The lowest BCUT2D eigenvalue weighted by Crippen LogP contribution is -2.37. The maximum absolute atomic E-state index is 15.7. The zero-order valence-corrected chi connectivity index (χ0v) is 18.4. The summed E-state index contributed by atoms with van der Waals surface area (Å²) in [4.78, 5) is 15.1. The summed E-state index contributed by atoms with van der Waals surface area (Å²) in [7, 11) is 1.81. The first-order valence-corrected chi connectivity index (χ1v) is 10.7. The molecule has 1 unspecified atom stereocenters. The maximum atomic E-state index is 15.7. The number of hydrogen-bond donors (Lipinski definition) is 1. The summed E-state index contributed by atoms with van der Waals surface area (Å²) in [5.41, 5.74) is 1.37. The molecule has 2 aromatic carbocycles. The monoisotopic (exact) mass is 426 g/mol. The molecule has 0 radical (unpaired) electrons. The molecule has 1 amide bonds. The Hall–Kier alpha value is -2.80. The summed E-state index contributed by atoms with van der Waals surface area (Å²) >= 11 is 0. The summed E-state index contributed by atoms with van der Waals surface area (Å²) in [6.45, 7) is 7.11. The molecule has 0 bridgehead atoms. The van der Waals surface area contributed by atoms with Crippen LogP contribution in [0.4, 0.5) is 8.78 Å². The molecule has 1 aliphatic heterocycles. The van der Waals surface area contributed by atoms with Crippen molar-refractivity contribution >= 4 is 16.8 Å². The molecule has 5 nitrogen and oxygen atoms in total. The molecule has 1 aromatic heterocycles. The smallest absolute Gasteiger partial charge is 0.254 e. The second-order valence-electron chi connectivity index (χ2n) is 8.49. The van der Waals surface area contributed by atoms with Crippen LogP contribution in [0.5, 0.6) is 0 Å². The Morgan fingerprint density at radius 1 is 1.29 bits per heavy atom. The van der Waals surface area contributed by atoms with Gasteiger partial charge in [-0.2, -0.15) is 5.10 Å². The first-order valence-electron chi connectivity index (χ1n) is 10.7. The van der Waals surface area contributed by atoms with Crippen LogP contribution in [0, 0.1) is 5.82 Å². The van der Waals surface area contributed by atoms with Gasteiger partial charge >= 0.3 is 0 Å². The largest absolute Gasteiger partial charge is 0.336 e. The summed E-state index contributed by atoms with van der Waals surface area (Å²) in [5.74, 6) is -0.723. The van der Waals surface area contributed by atoms with Gasteiger partial charge in [-0.05, 0) is 74.7 Å². The van der Waals surface area contributed by atoms with Crippen LogP contribution in [0.15, 0.2) is 36.5 Å². The topological polar surface area (TPSA) is 50.2 Å². The van der Waals surface area contributed by atoms with Gasteiger partial charge in [-0.3, -0.25) is 9.48 Å². The van der Waals surface area contributed by atoms with Crippen LogP contribution in [-0.4, -0.2) is 46.3 Å². The summed E-state index contributed by atoms with van der Waals surface area (Å²) in [6.07, 6.45) is 2.09. The lowest BCUT2D eigenvalue weighted by atomic mass is 9.88. The Balaban J connectivity index is 1.96. The molecule has 0 saturated carbocycles. The Kier molecular flexibility index (Phi) is 5.56. The Morgan fingerprint density at radius 2 is 2.06 bits per heavy atom. The van der Waals surface area contributed by atoms with E-state index in [2.05, 4.69) is 10.4 Å². The van der Waals surface area contributed by atoms with Crippen molar-refractivity contribution in [1.82, 2.24) is 20.0 Å². The van der Waals surface area contributed by atoms with E-state index >= 15 is 4.39 Å². The minimum Gasteiger partial charge on any atom is -0.336 e. The van der Waals surface area contributed by atoms with Crippen molar-refractivity contribution < 1.29 is 13.6 Å². The van der Waals surface area contributed by atoms with Gasteiger partial charge in [0, 0.05) is 31.6 Å². The molecule has 4 rings (SSSR count). The van der Waals surface area contributed by atoms with E-state index in [1.54, 1.807) is 27.9 Å². The lowest BCUT2D eigenvalue weighted by Gasteiger charge is -2.26. The van der Waals surface area contributed by atoms with Crippen LogP contribution in [-0.2, 0) is 12.7 Å². The van der Waals surface area contributed by atoms with E-state index in [1.165, 1.54) is 12.1 Å². The Bertz CT molecular complexity index is 1130. The van der Waals surface area contributed by atoms with Crippen LogP contribution in [0.25, 0.3) is 22.0 Å². The van der Waals surface area contributed by atoms with Crippen LogP contribution >= 0.6 is 0 Å². The molecule has 7 heteroatoms. The van der Waals surface area contributed by atoms with E-state index in [0.717, 1.165) is 10.9 Å². The molecule has 1 fully saturated rings. The lowest BCUT2D eigenvalue weighted by molar-refractivity contribution is 0.0717. The fraction of sp³-hybridized carbons (Fsp3) is 0.417. The SMILES string of the molecule is CCN(C(=O)c1cc(F)ccc1-c1cc(C2(F)CCNC2)cc2c1cnn2C)C(C)C. The number of aryl methyl sites for hydroxylation is 1. The second-order valence-corrected chi connectivity index (χ2v) is 8.49. The zero-order valence-electron chi connectivity index (χ0n) is 18.4. The molecule has 31 heavy (non-hydrogen) atoms. The van der Waals surface area contributed by atoms with E-state index in [0.29, 0.717) is 36.2 Å². The van der Waals surface area contributed by atoms with Crippen molar-refractivity contribution in [3.63, 3.8) is 0 Å². The number of halogens is 2. The molecule has 1 aliphatic rings. The number of hydrogen-bond acceptors (Lipinski definition) is 3. The van der Waals surface area contributed by atoms with Crippen molar-refractivity contribution in [3.05, 3.63) is 53.5 Å². The van der Waals surface area contributed by atoms with Gasteiger partial charge in [-0.1, -0.05) is 6.07 Å². The number of carbonyl (C=O) groups excluding carboxylic acids is 1. The van der Waals surface area contributed by atoms with Gasteiger partial charge < -0.3 is 10.2 Å². The number of aromatic nitrogens is 2. The predicted octanol–water partition coefficient (Wildman–Crippen LogP) is 4.41. The average Bonchev–Trinajstić information content (AvgIpc) is 3.34. The fourth-order valence-corrected chi connectivity index (χ4v) is 4.46. The van der Waals surface area contributed by atoms with Crippen LogP contribution in [0.1, 0.15) is 43.1 Å². The van der Waals surface area contributed by atoms with Crippen molar-refractivity contribution in [3.8, 4) is 11.1 Å². The number of nitrogens with one attached hydrogen (secondary N) is 1. The van der Waals surface area contributed by atoms with Crippen LogP contribution in [0.2, 0.25) is 0 Å². The minimum absolute atomic E-state index is 0.0305. The van der Waals surface area contributed by atoms with E-state index < -0.39 is 11.5 Å². The predicted molar refractivity (Wildman–Crippen MR) is 118 cm³/mol. The number of rotatable bonds is 5. The third-order valence-corrected chi connectivity index (χ3v) is 6.21. The molecular weight excluding hydrogens is 398 g/mol. The van der Waals surface area contributed by atoms with Gasteiger partial charge in [0.2, 0.25) is 0 Å². The number of alkyl halides is 1. The second kappa shape index (κ2) is 8.04. The quantitative estimate of drug-likeness (QED) is 0.658. The van der Waals surface area contributed by atoms with Gasteiger partial charge in [0.1, 0.15) is 11.5 Å². The highest BCUT2D eigenvalue weighted by Gasteiger charge is 2.36. The molecule has 3 aromatic rings. The summed E-state index contributed by atoms with van der Waals surface area (Å²) < 4.78 is 31.6. The van der Waals surface area contributed by atoms with Gasteiger partial charge in [0.15, 0.2) is 0 Å². The fourth-order valence-electron chi connectivity index (χ4n) is 4.46. The molecule has 1 atom stereocenters. The molecular formula is C24H28F2N4O. The highest BCUT2D eigenvalue weighted by molar-refractivity contribution is 6.05. The molecule has 1 saturated heterocycles. The number of amides is 1. The summed E-state index contributed by atoms with van der Waals surface area (Å²) in [5, 5.41) is 8.24. The van der Waals surface area contributed by atoms with Gasteiger partial charge in [0.25, 0.3) is 5.91 Å². The van der Waals surface area contributed by atoms with Crippen molar-refractivity contribution in [2.24, 2.45) is 7.05 Å². The normalized spacial score (nSPS) is 18.8. The first kappa shape index (κ1) is 21.4. The molecule has 164 valence electrons. The number of carbonyl (C=O) groups is 1. The Labute approximate surface area is 181 Å². The molecule has 2 heterocycles. The maximum Gasteiger partial charge on any atom is 0.254 e. The van der Waals surface area contributed by atoms with Gasteiger partial charge in [-0.25, -0.2) is 8.78 Å². The third kappa shape index (κ3) is 3.71. The third-order valence-electron chi connectivity index (χ3n) is 6.21. The van der Waals surface area contributed by atoms with Crippen molar-refractivity contribution in [2.75, 3.05) is 19.6 Å². The van der Waals surface area contributed by atoms with E-state index in [4.69, 9.17) is 0 Å². The Morgan fingerprint density at radius 3 is 2.71 bits per heavy atom. The van der Waals surface area contributed by atoms with E-state index in [1.807, 2.05) is 33.9 Å². The zero-order chi connectivity index (χ0) is 22.3. The van der Waals surface area contributed by atoms with Crippen LogP contribution in [0.3, 0.4) is 0 Å². The standard InChI is InChI=1S/C24H28F2N4O/c1-5-30(15(2)3)23(31)20-12-17(25)6-7-18(20)19-10-16(24(26)8-9-27-14-24)11-22-21(19)13-28-29(22)4/h6-7,10-13,15,27H,5,8-9,14H2,1-4H3. The van der Waals surface area contributed by atoms with E-state index in [9.17, 15) is 9.18 Å². The molecule has 0 aliphatic carbocycles. The van der Waals surface area contributed by atoms with E-state index in [-0.39, 0.29) is 24.1 Å². The van der Waals surface area contributed by atoms with Gasteiger partial charge in [-0.15, -0.1) is 0 Å². The average molecular weight is 427 g/mol. The van der Waals surface area contributed by atoms with Crippen LogP contribution < -0.4 is 5.32 Å². The minimum atomic E-state index is -1.50. The van der Waals surface area contributed by atoms with Crippen molar-refractivity contribution in [2.45, 2.75) is 38.9 Å². The highest BCUT2D eigenvalue weighted by Crippen LogP contribution is 2.39. The van der Waals surface area contributed by atoms with Crippen molar-refractivity contribution in [1.29, 1.82) is 0 Å². The first-order chi connectivity index (χ1) is 14.7. The number of benzene rings is 2. The highest BCUT2D eigenvalue weighted by atomic mass is 19.1.